The van der Waals surface area contributed by atoms with Crippen LogP contribution in [0.15, 0.2) is 37.1 Å². The van der Waals surface area contributed by atoms with Crippen molar-refractivity contribution in [1.82, 2.24) is 15.3 Å². The Hall–Kier alpha value is -3.13. The number of carbonyl (C=O) groups is 2. The molecule has 9 heteroatoms. The Morgan fingerprint density at radius 2 is 2.07 bits per heavy atom. The fraction of sp³-hybridized carbons (Fsp3) is 0.300. The summed E-state index contributed by atoms with van der Waals surface area (Å²) < 4.78 is 0. The molecule has 0 bridgehead atoms. The van der Waals surface area contributed by atoms with Gasteiger partial charge in [-0.15, -0.1) is 0 Å². The Bertz CT molecular complexity index is 949. The van der Waals surface area contributed by atoms with E-state index in [9.17, 15) is 9.59 Å². The van der Waals surface area contributed by atoms with Gasteiger partial charge in [-0.25, -0.2) is 4.98 Å². The maximum atomic E-state index is 11.6. The minimum atomic E-state index is -0.513. The van der Waals surface area contributed by atoms with Crippen LogP contribution in [0, 0.1) is 6.92 Å². The average molecular weight is 415 g/mol. The van der Waals surface area contributed by atoms with Gasteiger partial charge in [0.05, 0.1) is 6.20 Å². The fourth-order valence-electron chi connectivity index (χ4n) is 3.28. The molecule has 8 nitrogen and oxygen atoms in total. The predicted molar refractivity (Wildman–Crippen MR) is 113 cm³/mol. The minimum Gasteiger partial charge on any atom is -0.366 e. The van der Waals surface area contributed by atoms with Crippen LogP contribution in [0.25, 0.3) is 0 Å². The molecule has 1 aromatic heterocycles. The molecule has 1 saturated carbocycles. The molecular formula is C20H23ClN6O2. The number of aryl methyl sites for hydroxylation is 1. The minimum absolute atomic E-state index is 0.000856. The van der Waals surface area contributed by atoms with E-state index in [2.05, 4.69) is 32.5 Å². The number of nitrogens with two attached hydrogens (primary N) is 1. The number of rotatable bonds is 7. The number of amides is 2. The van der Waals surface area contributed by atoms with Gasteiger partial charge < -0.3 is 21.7 Å². The van der Waals surface area contributed by atoms with Gasteiger partial charge in [0.25, 0.3) is 0 Å². The lowest BCUT2D eigenvalue weighted by molar-refractivity contribution is -0.117. The molecule has 2 aromatic rings. The number of nitrogens with zero attached hydrogens (tertiary/aromatic N) is 2. The highest BCUT2D eigenvalue weighted by Crippen LogP contribution is 2.28. The average Bonchev–Trinajstić information content (AvgIpc) is 3.12. The number of hydrogen-bond donors (Lipinski definition) is 4. The Morgan fingerprint density at radius 1 is 1.31 bits per heavy atom. The van der Waals surface area contributed by atoms with Crippen LogP contribution >= 0.6 is 11.6 Å². The lowest BCUT2D eigenvalue weighted by Crippen LogP contribution is -2.42. The first-order valence-corrected chi connectivity index (χ1v) is 9.64. The Morgan fingerprint density at radius 3 is 2.79 bits per heavy atom. The molecule has 1 heterocycles. The van der Waals surface area contributed by atoms with Crippen molar-refractivity contribution in [3.8, 4) is 0 Å². The number of halogens is 1. The van der Waals surface area contributed by atoms with Gasteiger partial charge in [0.15, 0.2) is 5.82 Å². The number of carbonyl (C=O) groups excluding carboxylic acids is 2. The van der Waals surface area contributed by atoms with Crippen molar-refractivity contribution in [3.05, 3.63) is 53.2 Å². The zero-order valence-corrected chi connectivity index (χ0v) is 16.8. The number of nitrogens with one attached hydrogen (secondary N) is 3. The third-order valence-electron chi connectivity index (χ3n) is 4.86. The molecular weight excluding hydrogens is 392 g/mol. The van der Waals surface area contributed by atoms with Gasteiger partial charge in [0.2, 0.25) is 17.8 Å². The van der Waals surface area contributed by atoms with Crippen LogP contribution in [0.3, 0.4) is 0 Å². The molecule has 0 radical (unpaired) electrons. The van der Waals surface area contributed by atoms with E-state index in [-0.39, 0.29) is 18.0 Å². The zero-order valence-electron chi connectivity index (χ0n) is 16.0. The molecule has 1 aliphatic rings. The largest absolute Gasteiger partial charge is 0.366 e. The van der Waals surface area contributed by atoms with Crippen LogP contribution in [-0.4, -0.2) is 33.9 Å². The first-order chi connectivity index (χ1) is 13.9. The van der Waals surface area contributed by atoms with E-state index in [0.717, 1.165) is 24.8 Å². The third kappa shape index (κ3) is 5.03. The molecule has 0 saturated heterocycles. The highest BCUT2D eigenvalue weighted by molar-refractivity contribution is 6.32. The van der Waals surface area contributed by atoms with Crippen LogP contribution in [0.2, 0.25) is 5.02 Å². The summed E-state index contributed by atoms with van der Waals surface area (Å²) >= 11 is 6.28. The lowest BCUT2D eigenvalue weighted by Gasteiger charge is -2.22. The first kappa shape index (κ1) is 20.6. The van der Waals surface area contributed by atoms with Gasteiger partial charge in [-0.2, -0.15) is 4.98 Å². The standard InChI is InChI=1S/C20H23ClN6O2/c1-3-17(28)24-14-5-4-6-15(14)25-19-13(21)10-23-20(27-19)26-16-9-12(18(22)29)8-7-11(16)2/h3,7-10,14-15H,1,4-6H2,2H3,(H2,22,29)(H,24,28)(H2,23,25,26,27). The molecule has 0 aliphatic heterocycles. The van der Waals surface area contributed by atoms with Gasteiger partial charge in [0, 0.05) is 23.3 Å². The summed E-state index contributed by atoms with van der Waals surface area (Å²) in [5, 5.41) is 9.72. The summed E-state index contributed by atoms with van der Waals surface area (Å²) in [6, 6.07) is 5.08. The van der Waals surface area contributed by atoms with E-state index in [1.54, 1.807) is 18.2 Å². The van der Waals surface area contributed by atoms with Gasteiger partial charge in [0.1, 0.15) is 5.02 Å². The number of anilines is 3. The van der Waals surface area contributed by atoms with E-state index in [1.807, 2.05) is 6.92 Å². The maximum absolute atomic E-state index is 11.6. The highest BCUT2D eigenvalue weighted by atomic mass is 35.5. The SMILES string of the molecule is C=CC(=O)NC1CCCC1Nc1nc(Nc2cc(C(N)=O)ccc2C)ncc1Cl. The second kappa shape index (κ2) is 8.91. The highest BCUT2D eigenvalue weighted by Gasteiger charge is 2.29. The Kier molecular flexibility index (Phi) is 6.33. The molecule has 29 heavy (non-hydrogen) atoms. The van der Waals surface area contributed by atoms with Gasteiger partial charge in [-0.1, -0.05) is 24.2 Å². The van der Waals surface area contributed by atoms with Crippen molar-refractivity contribution >= 4 is 40.9 Å². The van der Waals surface area contributed by atoms with Crippen LogP contribution in [0.1, 0.15) is 35.2 Å². The first-order valence-electron chi connectivity index (χ1n) is 9.27. The van der Waals surface area contributed by atoms with E-state index >= 15 is 0 Å². The van der Waals surface area contributed by atoms with Crippen LogP contribution < -0.4 is 21.7 Å². The lowest BCUT2D eigenvalue weighted by atomic mass is 10.1. The monoisotopic (exact) mass is 414 g/mol. The quantitative estimate of drug-likeness (QED) is 0.517. The van der Waals surface area contributed by atoms with Crippen molar-refractivity contribution in [2.24, 2.45) is 5.73 Å². The summed E-state index contributed by atoms with van der Waals surface area (Å²) in [4.78, 5) is 31.8. The number of benzene rings is 1. The molecule has 2 unspecified atom stereocenters. The summed E-state index contributed by atoms with van der Waals surface area (Å²) in [7, 11) is 0. The molecule has 152 valence electrons. The fourth-order valence-corrected chi connectivity index (χ4v) is 3.43. The van der Waals surface area contributed by atoms with Crippen molar-refractivity contribution in [2.75, 3.05) is 10.6 Å². The van der Waals surface area contributed by atoms with Crippen LogP contribution in [-0.2, 0) is 4.79 Å². The molecule has 2 atom stereocenters. The molecule has 2 amide bonds. The Balaban J connectivity index is 1.78. The molecule has 1 fully saturated rings. The van der Waals surface area contributed by atoms with E-state index in [1.165, 1.54) is 12.3 Å². The molecule has 3 rings (SSSR count). The normalized spacial score (nSPS) is 18.1. The van der Waals surface area contributed by atoms with E-state index in [4.69, 9.17) is 17.3 Å². The second-order valence-corrected chi connectivity index (χ2v) is 7.32. The smallest absolute Gasteiger partial charge is 0.248 e. The van der Waals surface area contributed by atoms with Crippen molar-refractivity contribution in [3.63, 3.8) is 0 Å². The molecule has 5 N–H and O–H groups in total. The predicted octanol–water partition coefficient (Wildman–Crippen LogP) is 2.92. The summed E-state index contributed by atoms with van der Waals surface area (Å²) in [5.41, 5.74) is 7.32. The van der Waals surface area contributed by atoms with Gasteiger partial charge in [-0.05, 0) is 50.0 Å². The maximum Gasteiger partial charge on any atom is 0.248 e. The van der Waals surface area contributed by atoms with Crippen molar-refractivity contribution in [2.45, 2.75) is 38.3 Å². The second-order valence-electron chi connectivity index (χ2n) is 6.91. The summed E-state index contributed by atoms with van der Waals surface area (Å²) in [5.74, 6) is 0.0786. The Labute approximate surface area is 173 Å². The van der Waals surface area contributed by atoms with Crippen LogP contribution in [0.5, 0.6) is 0 Å². The number of primary amides is 1. The van der Waals surface area contributed by atoms with Gasteiger partial charge >= 0.3 is 0 Å². The molecule has 1 aromatic carbocycles. The van der Waals surface area contributed by atoms with Crippen molar-refractivity contribution in [1.29, 1.82) is 0 Å². The number of aromatic nitrogens is 2. The molecule has 0 spiro atoms. The zero-order chi connectivity index (χ0) is 21.0. The molecule has 1 aliphatic carbocycles. The number of hydrogen-bond acceptors (Lipinski definition) is 6. The van der Waals surface area contributed by atoms with Gasteiger partial charge in [-0.3, -0.25) is 9.59 Å². The third-order valence-corrected chi connectivity index (χ3v) is 5.14. The van der Waals surface area contributed by atoms with Crippen molar-refractivity contribution < 1.29 is 9.59 Å². The summed E-state index contributed by atoms with van der Waals surface area (Å²) in [6.07, 6.45) is 5.48. The van der Waals surface area contributed by atoms with Crippen LogP contribution in [0.4, 0.5) is 17.5 Å². The summed E-state index contributed by atoms with van der Waals surface area (Å²) in [6.45, 7) is 5.39. The van der Waals surface area contributed by atoms with E-state index < -0.39 is 5.91 Å². The van der Waals surface area contributed by atoms with E-state index in [0.29, 0.717) is 28.0 Å². The topological polar surface area (TPSA) is 122 Å².